The predicted octanol–water partition coefficient (Wildman–Crippen LogP) is 3.37. The SMILES string of the molecule is C=C1CC(NC(=O)C2CC3CN2C(=O)C(CNC(=O)OC(C)(C)C)NC(=O)OCC(C)(C)CCC=Cc2cccc4c2CN(C4)C(=O)O3)(C(=O)NS(=O)(=O)C2CC2)C1. The van der Waals surface area contributed by atoms with Crippen LogP contribution in [0.4, 0.5) is 14.4 Å². The van der Waals surface area contributed by atoms with Crippen molar-refractivity contribution in [3.05, 3.63) is 53.1 Å². The van der Waals surface area contributed by atoms with E-state index in [1.807, 2.05) is 44.2 Å². The van der Waals surface area contributed by atoms with Crippen molar-refractivity contribution in [2.24, 2.45) is 5.41 Å². The lowest BCUT2D eigenvalue weighted by Crippen LogP contribution is -2.67. The summed E-state index contributed by atoms with van der Waals surface area (Å²) in [5.41, 5.74) is 0.482. The summed E-state index contributed by atoms with van der Waals surface area (Å²) in [6.07, 6.45) is 2.43. The number of rotatable bonds is 7. The van der Waals surface area contributed by atoms with Crippen LogP contribution in [0.2, 0.25) is 0 Å². The second-order valence-electron chi connectivity index (χ2n) is 17.7. The summed E-state index contributed by atoms with van der Waals surface area (Å²) in [6, 6.07) is 2.99. The summed E-state index contributed by atoms with van der Waals surface area (Å²) >= 11 is 0. The molecule has 4 N–H and O–H groups in total. The lowest BCUT2D eigenvalue weighted by atomic mass is 9.72. The molecule has 3 unspecified atom stereocenters. The summed E-state index contributed by atoms with van der Waals surface area (Å²) in [5, 5.41) is 7.04. The summed E-state index contributed by atoms with van der Waals surface area (Å²) in [5.74, 6) is -2.56. The monoisotopic (exact) mass is 826 g/mol. The van der Waals surface area contributed by atoms with Gasteiger partial charge in [-0.1, -0.05) is 56.4 Å². The van der Waals surface area contributed by atoms with Gasteiger partial charge in [0.2, 0.25) is 21.8 Å². The van der Waals surface area contributed by atoms with Crippen LogP contribution in [0.15, 0.2) is 36.4 Å². The largest absolute Gasteiger partial charge is 0.449 e. The van der Waals surface area contributed by atoms with E-state index in [1.54, 1.807) is 20.8 Å². The van der Waals surface area contributed by atoms with Crippen molar-refractivity contribution in [1.29, 1.82) is 0 Å². The average Bonchev–Trinajstić information content (AvgIpc) is 3.76. The van der Waals surface area contributed by atoms with Crippen molar-refractivity contribution < 1.29 is 51.4 Å². The minimum absolute atomic E-state index is 0.00144. The molecule has 3 atom stereocenters. The fraction of sp³-hybridized carbons (Fsp3) is 0.600. The van der Waals surface area contributed by atoms with Crippen molar-refractivity contribution in [2.75, 3.05) is 19.7 Å². The first-order valence-electron chi connectivity index (χ1n) is 19.6. The van der Waals surface area contributed by atoms with Gasteiger partial charge in [-0.25, -0.2) is 22.8 Å². The van der Waals surface area contributed by atoms with Crippen LogP contribution in [0.3, 0.4) is 0 Å². The zero-order valence-corrected chi connectivity index (χ0v) is 34.5. The minimum atomic E-state index is -3.96. The van der Waals surface area contributed by atoms with E-state index in [2.05, 4.69) is 27.3 Å². The first-order valence-corrected chi connectivity index (χ1v) is 21.2. The summed E-state index contributed by atoms with van der Waals surface area (Å²) in [7, 11) is -3.96. The third-order valence-electron chi connectivity index (χ3n) is 10.8. The predicted molar refractivity (Wildman–Crippen MR) is 210 cm³/mol. The highest BCUT2D eigenvalue weighted by molar-refractivity contribution is 7.91. The number of cyclic esters (lactones) is 1. The molecule has 6 amide bonds. The van der Waals surface area contributed by atoms with Crippen LogP contribution >= 0.6 is 0 Å². The smallest absolute Gasteiger partial charge is 0.410 e. The Morgan fingerprint density at radius 1 is 1.09 bits per heavy atom. The van der Waals surface area contributed by atoms with Gasteiger partial charge < -0.3 is 35.1 Å². The van der Waals surface area contributed by atoms with Gasteiger partial charge in [0.1, 0.15) is 29.3 Å². The number of benzene rings is 1. The van der Waals surface area contributed by atoms with Gasteiger partial charge in [0.15, 0.2) is 0 Å². The number of nitrogens with zero attached hydrogens (tertiary/aromatic N) is 2. The van der Waals surface area contributed by atoms with Crippen molar-refractivity contribution in [3.8, 4) is 0 Å². The van der Waals surface area contributed by atoms with Crippen molar-refractivity contribution in [2.45, 2.75) is 127 Å². The van der Waals surface area contributed by atoms with Crippen LogP contribution < -0.4 is 20.7 Å². The van der Waals surface area contributed by atoms with Crippen molar-refractivity contribution in [3.63, 3.8) is 0 Å². The molecule has 3 aliphatic heterocycles. The van der Waals surface area contributed by atoms with Gasteiger partial charge >= 0.3 is 18.3 Å². The number of carbonyl (C=O) groups excluding carboxylic acids is 6. The molecule has 2 saturated carbocycles. The standard InChI is InChI=1S/C40H54N6O11S/c1-24-17-40(18-24,34(49)44-58(53,54)28-13-14-28)43-32(47)31-16-27-21-46(31)33(48)30(19-41-35(50)57-38(2,3)4)42-36(51)55-23-39(5,6)15-8-7-10-25-11-9-12-26-20-45(22-29(25)26)37(52)56-27/h7,9-12,27-28,30-31H,1,8,13-23H2,2-6H3,(H,41,50)(H,42,51)(H,43,47)(H,44,49). The molecule has 316 valence electrons. The van der Waals surface area contributed by atoms with E-state index in [-0.39, 0.29) is 45.5 Å². The van der Waals surface area contributed by atoms with Crippen LogP contribution in [-0.2, 0) is 51.7 Å². The van der Waals surface area contributed by atoms with Crippen molar-refractivity contribution in [1.82, 2.24) is 30.5 Å². The Kier molecular flexibility index (Phi) is 11.9. The highest BCUT2D eigenvalue weighted by atomic mass is 32.2. The Bertz CT molecular complexity index is 2000. The molecular formula is C40H54N6O11S. The van der Waals surface area contributed by atoms with Gasteiger partial charge in [0.05, 0.1) is 31.5 Å². The van der Waals surface area contributed by atoms with E-state index >= 15 is 0 Å². The number of amides is 6. The van der Waals surface area contributed by atoms with Crippen molar-refractivity contribution >= 4 is 52.1 Å². The van der Waals surface area contributed by atoms with E-state index in [1.165, 1.54) is 4.90 Å². The van der Waals surface area contributed by atoms with Gasteiger partial charge in [-0.05, 0) is 68.6 Å². The molecule has 1 aromatic carbocycles. The van der Waals surface area contributed by atoms with E-state index in [4.69, 9.17) is 14.2 Å². The highest BCUT2D eigenvalue weighted by Crippen LogP contribution is 2.38. The highest BCUT2D eigenvalue weighted by Gasteiger charge is 2.53. The van der Waals surface area contributed by atoms with Gasteiger partial charge in [-0.15, -0.1) is 0 Å². The zero-order valence-electron chi connectivity index (χ0n) is 33.7. The van der Waals surface area contributed by atoms with Gasteiger partial charge in [-0.3, -0.25) is 24.0 Å². The Morgan fingerprint density at radius 3 is 2.48 bits per heavy atom. The molecule has 5 aliphatic rings. The average molecular weight is 827 g/mol. The molecule has 1 aromatic rings. The fourth-order valence-corrected chi connectivity index (χ4v) is 8.92. The van der Waals surface area contributed by atoms with Crippen LogP contribution in [0.1, 0.15) is 96.3 Å². The van der Waals surface area contributed by atoms with E-state index in [9.17, 15) is 37.2 Å². The molecule has 6 rings (SSSR count). The van der Waals surface area contributed by atoms with Gasteiger partial charge in [0.25, 0.3) is 5.91 Å². The Balaban J connectivity index is 1.29. The molecule has 0 radical (unpaired) electrons. The minimum Gasteiger partial charge on any atom is -0.449 e. The molecule has 0 aromatic heterocycles. The third kappa shape index (κ3) is 10.1. The number of allylic oxidation sites excluding steroid dienone is 1. The zero-order chi connectivity index (χ0) is 42.2. The van der Waals surface area contributed by atoms with E-state index in [0.717, 1.165) is 21.6 Å². The molecule has 58 heavy (non-hydrogen) atoms. The molecule has 3 heterocycles. The number of alkyl carbamates (subject to hydrolysis) is 2. The molecule has 18 heteroatoms. The first kappa shape index (κ1) is 42.5. The number of nitrogens with one attached hydrogen (secondary N) is 4. The summed E-state index contributed by atoms with van der Waals surface area (Å²) in [4.78, 5) is 84.7. The van der Waals surface area contributed by atoms with Crippen LogP contribution in [-0.4, -0.2) is 108 Å². The third-order valence-corrected chi connectivity index (χ3v) is 12.6. The maximum atomic E-state index is 14.5. The number of ether oxygens (including phenoxy) is 3. The number of sulfonamides is 1. The van der Waals surface area contributed by atoms with Crippen LogP contribution in [0.25, 0.3) is 6.08 Å². The number of fused-ring (bicyclic) bond motifs is 3. The quantitative estimate of drug-likeness (QED) is 0.231. The van der Waals surface area contributed by atoms with E-state index in [0.29, 0.717) is 31.3 Å². The second-order valence-corrected chi connectivity index (χ2v) is 19.7. The first-order chi connectivity index (χ1) is 27.1. The Morgan fingerprint density at radius 2 is 1.81 bits per heavy atom. The van der Waals surface area contributed by atoms with Gasteiger partial charge in [-0.2, -0.15) is 0 Å². The molecular weight excluding hydrogens is 773 g/mol. The second kappa shape index (κ2) is 16.3. The molecule has 1 saturated heterocycles. The molecule has 0 spiro atoms. The fourth-order valence-electron chi connectivity index (χ4n) is 7.54. The maximum Gasteiger partial charge on any atom is 0.410 e. The number of hydrogen-bond acceptors (Lipinski definition) is 11. The lowest BCUT2D eigenvalue weighted by molar-refractivity contribution is -0.142. The molecule has 4 bridgehead atoms. The maximum absolute atomic E-state index is 14.5. The number of hydrogen-bond donors (Lipinski definition) is 4. The molecule has 2 aliphatic carbocycles. The van der Waals surface area contributed by atoms with Crippen LogP contribution in [0.5, 0.6) is 0 Å². The van der Waals surface area contributed by atoms with Crippen LogP contribution in [0, 0.1) is 5.41 Å². The molecule has 17 nitrogen and oxygen atoms in total. The summed E-state index contributed by atoms with van der Waals surface area (Å²) < 4.78 is 44.5. The topological polar surface area (TPSA) is 219 Å². The normalized spacial score (nSPS) is 24.7. The number of carbonyl (C=O) groups is 6. The lowest BCUT2D eigenvalue weighted by Gasteiger charge is -2.43. The summed E-state index contributed by atoms with van der Waals surface area (Å²) in [6.45, 7) is 12.5. The Labute approximate surface area is 338 Å². The Hall–Kier alpha value is -5.13. The van der Waals surface area contributed by atoms with E-state index < -0.39 is 92.6 Å². The molecule has 3 fully saturated rings. The van der Waals surface area contributed by atoms with Gasteiger partial charge in [0, 0.05) is 25.8 Å².